The number of imidazole rings is 1. The van der Waals surface area contributed by atoms with Crippen molar-refractivity contribution in [2.24, 2.45) is 0 Å². The number of hydrogen-bond acceptors (Lipinski definition) is 5. The summed E-state index contributed by atoms with van der Waals surface area (Å²) in [6.07, 6.45) is 0. The van der Waals surface area contributed by atoms with Gasteiger partial charge in [-0.25, -0.2) is 4.98 Å². The molecule has 0 aliphatic carbocycles. The lowest BCUT2D eigenvalue weighted by Gasteiger charge is -2.33. The standard InChI is InChI=1S/C21H24ClN5O2/c1-29-17-6-7-18-19(12-17)25-20(24-18)13-26-8-10-27(11-9-26)14-21(28)23-16-4-2-15(22)3-5-16/h2-7,12H,8-11,13-14H2,1H3,(H,23,28)(H,24,25). The number of piperazine rings is 1. The van der Waals surface area contributed by atoms with E-state index in [4.69, 9.17) is 16.3 Å². The van der Waals surface area contributed by atoms with Crippen LogP contribution in [0.1, 0.15) is 5.82 Å². The van der Waals surface area contributed by atoms with Gasteiger partial charge in [0.15, 0.2) is 0 Å². The maximum absolute atomic E-state index is 12.3. The Morgan fingerprint density at radius 2 is 1.86 bits per heavy atom. The number of amides is 1. The van der Waals surface area contributed by atoms with Crippen LogP contribution in [0, 0.1) is 0 Å². The van der Waals surface area contributed by atoms with Gasteiger partial charge in [0.2, 0.25) is 5.91 Å². The summed E-state index contributed by atoms with van der Waals surface area (Å²) in [5.41, 5.74) is 2.69. The van der Waals surface area contributed by atoms with Crippen LogP contribution in [0.4, 0.5) is 5.69 Å². The SMILES string of the molecule is COc1ccc2nc(CN3CCN(CC(=O)Nc4ccc(Cl)cc4)CC3)[nH]c2c1. The van der Waals surface area contributed by atoms with Gasteiger partial charge in [-0.1, -0.05) is 11.6 Å². The van der Waals surface area contributed by atoms with E-state index >= 15 is 0 Å². The topological polar surface area (TPSA) is 73.5 Å². The highest BCUT2D eigenvalue weighted by Crippen LogP contribution is 2.19. The molecule has 8 heteroatoms. The lowest BCUT2D eigenvalue weighted by Crippen LogP contribution is -2.48. The number of carbonyl (C=O) groups is 1. The number of rotatable bonds is 6. The van der Waals surface area contributed by atoms with E-state index in [1.807, 2.05) is 18.2 Å². The number of H-pyrrole nitrogens is 1. The van der Waals surface area contributed by atoms with Gasteiger partial charge in [0.25, 0.3) is 0 Å². The maximum Gasteiger partial charge on any atom is 0.238 e. The lowest BCUT2D eigenvalue weighted by molar-refractivity contribution is -0.117. The number of aromatic nitrogens is 2. The van der Waals surface area contributed by atoms with Crippen molar-refractivity contribution >= 4 is 34.2 Å². The quantitative estimate of drug-likeness (QED) is 0.650. The van der Waals surface area contributed by atoms with Crippen molar-refractivity contribution in [1.29, 1.82) is 0 Å². The van der Waals surface area contributed by atoms with Crippen molar-refractivity contribution in [2.45, 2.75) is 6.54 Å². The number of fused-ring (bicyclic) bond motifs is 1. The molecule has 4 rings (SSSR count). The number of carbonyl (C=O) groups excluding carboxylic acids is 1. The monoisotopic (exact) mass is 413 g/mol. The Morgan fingerprint density at radius 1 is 1.14 bits per heavy atom. The van der Waals surface area contributed by atoms with Crippen molar-refractivity contribution in [3.8, 4) is 5.75 Å². The van der Waals surface area contributed by atoms with Crippen LogP contribution in [0.5, 0.6) is 5.75 Å². The molecule has 0 saturated carbocycles. The first-order chi connectivity index (χ1) is 14.1. The number of methoxy groups -OCH3 is 1. The zero-order chi connectivity index (χ0) is 20.2. The molecule has 0 unspecified atom stereocenters. The number of benzene rings is 2. The molecule has 29 heavy (non-hydrogen) atoms. The van der Waals surface area contributed by atoms with Gasteiger partial charge < -0.3 is 15.0 Å². The fourth-order valence-corrected chi connectivity index (χ4v) is 3.62. The Morgan fingerprint density at radius 3 is 2.59 bits per heavy atom. The van der Waals surface area contributed by atoms with E-state index < -0.39 is 0 Å². The highest BCUT2D eigenvalue weighted by molar-refractivity contribution is 6.30. The van der Waals surface area contributed by atoms with Gasteiger partial charge >= 0.3 is 0 Å². The van der Waals surface area contributed by atoms with Crippen molar-refractivity contribution in [1.82, 2.24) is 19.8 Å². The highest BCUT2D eigenvalue weighted by Gasteiger charge is 2.20. The van der Waals surface area contributed by atoms with Crippen LogP contribution in [0.15, 0.2) is 42.5 Å². The van der Waals surface area contributed by atoms with Gasteiger partial charge in [-0.2, -0.15) is 0 Å². The molecule has 0 radical (unpaired) electrons. The molecule has 1 aromatic heterocycles. The zero-order valence-corrected chi connectivity index (χ0v) is 17.1. The first kappa shape index (κ1) is 19.7. The Bertz CT molecular complexity index is 980. The predicted molar refractivity (Wildman–Crippen MR) is 114 cm³/mol. The second-order valence-corrected chi connectivity index (χ2v) is 7.61. The third-order valence-electron chi connectivity index (χ3n) is 5.07. The molecule has 3 aromatic rings. The summed E-state index contributed by atoms with van der Waals surface area (Å²) in [6, 6.07) is 13.0. The van der Waals surface area contributed by atoms with Gasteiger partial charge in [0, 0.05) is 43.0 Å². The molecule has 0 bridgehead atoms. The summed E-state index contributed by atoms with van der Waals surface area (Å²) < 4.78 is 5.27. The van der Waals surface area contributed by atoms with E-state index in [1.54, 1.807) is 31.4 Å². The molecule has 1 fully saturated rings. The van der Waals surface area contributed by atoms with E-state index in [0.717, 1.165) is 61.0 Å². The van der Waals surface area contributed by atoms with E-state index in [2.05, 4.69) is 25.1 Å². The number of nitrogens with zero attached hydrogens (tertiary/aromatic N) is 3. The molecule has 2 heterocycles. The minimum Gasteiger partial charge on any atom is -0.497 e. The fourth-order valence-electron chi connectivity index (χ4n) is 3.50. The molecule has 1 aliphatic rings. The van der Waals surface area contributed by atoms with E-state index in [9.17, 15) is 4.79 Å². The van der Waals surface area contributed by atoms with Crippen LogP contribution < -0.4 is 10.1 Å². The van der Waals surface area contributed by atoms with Crippen molar-refractivity contribution < 1.29 is 9.53 Å². The van der Waals surface area contributed by atoms with Crippen LogP contribution >= 0.6 is 11.6 Å². The molecule has 2 aromatic carbocycles. The van der Waals surface area contributed by atoms with Crippen molar-refractivity contribution in [3.63, 3.8) is 0 Å². The predicted octanol–water partition coefficient (Wildman–Crippen LogP) is 2.98. The third-order valence-corrected chi connectivity index (χ3v) is 5.32. The summed E-state index contributed by atoms with van der Waals surface area (Å²) in [5, 5.41) is 3.57. The molecule has 7 nitrogen and oxygen atoms in total. The maximum atomic E-state index is 12.3. The summed E-state index contributed by atoms with van der Waals surface area (Å²) in [6.45, 7) is 4.65. The molecule has 152 valence electrons. The van der Waals surface area contributed by atoms with E-state index in [-0.39, 0.29) is 5.91 Å². The third kappa shape index (κ3) is 5.06. The minimum absolute atomic E-state index is 0.00740. The summed E-state index contributed by atoms with van der Waals surface area (Å²) >= 11 is 5.87. The lowest BCUT2D eigenvalue weighted by atomic mass is 10.3. The average Bonchev–Trinajstić information content (AvgIpc) is 3.12. The first-order valence-electron chi connectivity index (χ1n) is 9.62. The zero-order valence-electron chi connectivity index (χ0n) is 16.3. The summed E-state index contributed by atoms with van der Waals surface area (Å²) in [5.74, 6) is 1.76. The Kier molecular flexibility index (Phi) is 5.99. The molecular weight excluding hydrogens is 390 g/mol. The van der Waals surface area contributed by atoms with Gasteiger partial charge in [0.05, 0.1) is 31.2 Å². The van der Waals surface area contributed by atoms with Gasteiger partial charge in [0.1, 0.15) is 11.6 Å². The van der Waals surface area contributed by atoms with Crippen molar-refractivity contribution in [2.75, 3.05) is 45.2 Å². The smallest absolute Gasteiger partial charge is 0.238 e. The van der Waals surface area contributed by atoms with E-state index in [0.29, 0.717) is 11.6 Å². The second-order valence-electron chi connectivity index (χ2n) is 7.17. The molecule has 0 atom stereocenters. The number of ether oxygens (including phenoxy) is 1. The van der Waals surface area contributed by atoms with E-state index in [1.165, 1.54) is 0 Å². The van der Waals surface area contributed by atoms with Gasteiger partial charge in [-0.3, -0.25) is 14.6 Å². The van der Waals surface area contributed by atoms with Crippen LogP contribution in [0.2, 0.25) is 5.02 Å². The van der Waals surface area contributed by atoms with Crippen LogP contribution in [0.25, 0.3) is 11.0 Å². The van der Waals surface area contributed by atoms with Crippen LogP contribution in [-0.4, -0.2) is 65.5 Å². The van der Waals surface area contributed by atoms with Gasteiger partial charge in [-0.15, -0.1) is 0 Å². The van der Waals surface area contributed by atoms with Crippen LogP contribution in [-0.2, 0) is 11.3 Å². The summed E-state index contributed by atoms with van der Waals surface area (Å²) in [4.78, 5) is 24.8. The fraction of sp³-hybridized carbons (Fsp3) is 0.333. The normalized spacial score (nSPS) is 15.5. The Labute approximate surface area is 174 Å². The number of halogens is 1. The van der Waals surface area contributed by atoms with Crippen molar-refractivity contribution in [3.05, 3.63) is 53.3 Å². The molecule has 1 amide bonds. The Hall–Kier alpha value is -2.61. The van der Waals surface area contributed by atoms with Crippen LogP contribution in [0.3, 0.4) is 0 Å². The molecule has 1 saturated heterocycles. The number of aromatic amines is 1. The number of anilines is 1. The second kappa shape index (κ2) is 8.82. The molecular formula is C21H24ClN5O2. The van der Waals surface area contributed by atoms with Gasteiger partial charge in [-0.05, 0) is 36.4 Å². The average molecular weight is 414 g/mol. The largest absolute Gasteiger partial charge is 0.497 e. The number of nitrogens with one attached hydrogen (secondary N) is 2. The number of hydrogen-bond donors (Lipinski definition) is 2. The highest BCUT2D eigenvalue weighted by atomic mass is 35.5. The molecule has 2 N–H and O–H groups in total. The summed E-state index contributed by atoms with van der Waals surface area (Å²) in [7, 11) is 1.66. The minimum atomic E-state index is -0.00740. The Balaban J connectivity index is 1.26. The molecule has 0 spiro atoms. The first-order valence-corrected chi connectivity index (χ1v) is 9.99. The molecule has 1 aliphatic heterocycles.